The SMILES string of the molecule is Cn1ncc(C2=NNNN2Cc2ccc(Br)cc2)c1SCc1ccccc1. The fraction of sp³-hybridized carbons (Fsp3) is 0.158. The van der Waals surface area contributed by atoms with Crippen LogP contribution in [0, 0.1) is 0 Å². The van der Waals surface area contributed by atoms with E-state index in [9.17, 15) is 0 Å². The molecule has 0 bridgehead atoms. The Hall–Kier alpha value is -2.29. The Morgan fingerprint density at radius 3 is 2.59 bits per heavy atom. The molecule has 4 rings (SSSR count). The molecular formula is C19H19BrN6S. The molecule has 0 aliphatic carbocycles. The van der Waals surface area contributed by atoms with E-state index in [0.717, 1.165) is 26.7 Å². The lowest BCUT2D eigenvalue weighted by atomic mass is 10.2. The fourth-order valence-corrected chi connectivity index (χ4v) is 4.11. The third kappa shape index (κ3) is 4.18. The van der Waals surface area contributed by atoms with Crippen LogP contribution in [0.1, 0.15) is 16.7 Å². The predicted octanol–water partition coefficient (Wildman–Crippen LogP) is 3.66. The number of halogens is 1. The standard InChI is InChI=1S/C19H19BrN6S/c1-25-19(27-13-15-5-3-2-4-6-15)17(11-21-25)18-22-23-24-26(18)12-14-7-9-16(20)10-8-14/h2-11,23-24H,12-13H2,1H3. The number of hydrazine groups is 2. The van der Waals surface area contributed by atoms with E-state index < -0.39 is 0 Å². The van der Waals surface area contributed by atoms with Crippen molar-refractivity contribution in [2.24, 2.45) is 12.1 Å². The van der Waals surface area contributed by atoms with Crippen LogP contribution in [0.15, 0.2) is 75.4 Å². The number of hydrogen-bond donors (Lipinski definition) is 2. The number of nitrogens with zero attached hydrogens (tertiary/aromatic N) is 4. The van der Waals surface area contributed by atoms with Crippen LogP contribution >= 0.6 is 27.7 Å². The summed E-state index contributed by atoms with van der Waals surface area (Å²) in [5, 5.41) is 12.0. The maximum Gasteiger partial charge on any atom is 0.177 e. The second-order valence-electron chi connectivity index (χ2n) is 6.13. The molecule has 0 spiro atoms. The Bertz CT molecular complexity index is 939. The van der Waals surface area contributed by atoms with Gasteiger partial charge in [-0.3, -0.25) is 9.69 Å². The molecular weight excluding hydrogens is 424 g/mol. The summed E-state index contributed by atoms with van der Waals surface area (Å²) in [5.41, 5.74) is 9.45. The Morgan fingerprint density at radius 2 is 1.81 bits per heavy atom. The molecule has 2 N–H and O–H groups in total. The van der Waals surface area contributed by atoms with Gasteiger partial charge < -0.3 is 0 Å². The van der Waals surface area contributed by atoms with Gasteiger partial charge in [-0.25, -0.2) is 5.53 Å². The van der Waals surface area contributed by atoms with E-state index in [0.29, 0.717) is 6.54 Å². The van der Waals surface area contributed by atoms with E-state index in [1.165, 1.54) is 11.1 Å². The van der Waals surface area contributed by atoms with E-state index >= 15 is 0 Å². The van der Waals surface area contributed by atoms with E-state index in [-0.39, 0.29) is 0 Å². The molecule has 27 heavy (non-hydrogen) atoms. The first-order valence-corrected chi connectivity index (χ1v) is 10.3. The zero-order valence-corrected chi connectivity index (χ0v) is 17.2. The van der Waals surface area contributed by atoms with Gasteiger partial charge in [-0.2, -0.15) is 5.10 Å². The Morgan fingerprint density at radius 1 is 1.04 bits per heavy atom. The van der Waals surface area contributed by atoms with Gasteiger partial charge >= 0.3 is 0 Å². The van der Waals surface area contributed by atoms with Crippen LogP contribution in [-0.2, 0) is 19.3 Å². The van der Waals surface area contributed by atoms with E-state index in [4.69, 9.17) is 0 Å². The average Bonchev–Trinajstić information content (AvgIpc) is 3.29. The van der Waals surface area contributed by atoms with Crippen molar-refractivity contribution in [2.45, 2.75) is 17.3 Å². The molecule has 0 saturated carbocycles. The number of thioether (sulfide) groups is 1. The maximum absolute atomic E-state index is 4.45. The van der Waals surface area contributed by atoms with Crippen LogP contribution in [0.3, 0.4) is 0 Å². The van der Waals surface area contributed by atoms with Crippen LogP contribution in [0.2, 0.25) is 0 Å². The third-order valence-electron chi connectivity index (χ3n) is 4.20. The number of amidine groups is 1. The molecule has 2 heterocycles. The molecule has 3 aromatic rings. The number of aryl methyl sites for hydroxylation is 1. The number of rotatable bonds is 6. The molecule has 1 aliphatic rings. The largest absolute Gasteiger partial charge is 0.266 e. The van der Waals surface area contributed by atoms with Crippen molar-refractivity contribution < 1.29 is 0 Å². The number of hydrazone groups is 1. The van der Waals surface area contributed by atoms with Gasteiger partial charge in [0.25, 0.3) is 0 Å². The van der Waals surface area contributed by atoms with Gasteiger partial charge in [0.05, 0.1) is 18.3 Å². The first kappa shape index (κ1) is 18.1. The molecule has 8 heteroatoms. The minimum absolute atomic E-state index is 0.691. The van der Waals surface area contributed by atoms with Crippen LogP contribution in [0.5, 0.6) is 0 Å². The summed E-state index contributed by atoms with van der Waals surface area (Å²) in [5.74, 6) is 1.72. The highest BCUT2D eigenvalue weighted by Gasteiger charge is 2.24. The quantitative estimate of drug-likeness (QED) is 0.570. The van der Waals surface area contributed by atoms with Crippen LogP contribution in [0.25, 0.3) is 0 Å². The number of benzene rings is 2. The second-order valence-corrected chi connectivity index (χ2v) is 8.01. The van der Waals surface area contributed by atoms with E-state index in [2.05, 4.69) is 73.6 Å². The molecule has 0 unspecified atom stereocenters. The topological polar surface area (TPSA) is 57.5 Å². The zero-order chi connectivity index (χ0) is 18.6. The third-order valence-corrected chi connectivity index (χ3v) is 5.96. The van der Waals surface area contributed by atoms with Crippen molar-refractivity contribution in [2.75, 3.05) is 0 Å². The first-order chi connectivity index (χ1) is 13.2. The molecule has 0 fully saturated rings. The minimum atomic E-state index is 0.691. The fourth-order valence-electron chi connectivity index (χ4n) is 2.82. The Balaban J connectivity index is 1.52. The van der Waals surface area contributed by atoms with Crippen LogP contribution in [-0.4, -0.2) is 20.6 Å². The van der Waals surface area contributed by atoms with Gasteiger partial charge in [0.15, 0.2) is 5.84 Å². The van der Waals surface area contributed by atoms with Crippen molar-refractivity contribution in [3.63, 3.8) is 0 Å². The highest BCUT2D eigenvalue weighted by Crippen LogP contribution is 2.27. The number of nitrogens with one attached hydrogen (secondary N) is 2. The molecule has 1 aliphatic heterocycles. The van der Waals surface area contributed by atoms with E-state index in [1.54, 1.807) is 11.8 Å². The van der Waals surface area contributed by atoms with Crippen molar-refractivity contribution in [1.82, 2.24) is 25.9 Å². The van der Waals surface area contributed by atoms with E-state index in [1.807, 2.05) is 41.1 Å². The van der Waals surface area contributed by atoms with Crippen molar-refractivity contribution in [1.29, 1.82) is 0 Å². The summed E-state index contributed by atoms with van der Waals surface area (Å²) in [7, 11) is 1.96. The van der Waals surface area contributed by atoms with Crippen molar-refractivity contribution in [3.8, 4) is 0 Å². The summed E-state index contributed by atoms with van der Waals surface area (Å²) in [6, 6.07) is 18.7. The molecule has 0 saturated heterocycles. The molecule has 0 radical (unpaired) electrons. The summed E-state index contributed by atoms with van der Waals surface area (Å²) < 4.78 is 2.97. The highest BCUT2D eigenvalue weighted by atomic mass is 79.9. The number of hydrogen-bond acceptors (Lipinski definition) is 6. The molecule has 6 nitrogen and oxygen atoms in total. The van der Waals surface area contributed by atoms with Crippen LogP contribution < -0.4 is 11.1 Å². The van der Waals surface area contributed by atoms with Gasteiger partial charge in [0.1, 0.15) is 5.03 Å². The van der Waals surface area contributed by atoms with Gasteiger partial charge in [-0.15, -0.1) is 22.4 Å². The van der Waals surface area contributed by atoms with Crippen LogP contribution in [0.4, 0.5) is 0 Å². The second kappa shape index (κ2) is 8.16. The summed E-state index contributed by atoms with van der Waals surface area (Å²) in [6.45, 7) is 0.691. The lowest BCUT2D eigenvalue weighted by Gasteiger charge is -2.19. The van der Waals surface area contributed by atoms with Gasteiger partial charge in [-0.1, -0.05) is 58.4 Å². The van der Waals surface area contributed by atoms with Gasteiger partial charge in [0.2, 0.25) is 0 Å². The van der Waals surface area contributed by atoms with Crippen molar-refractivity contribution in [3.05, 3.63) is 82.0 Å². The highest BCUT2D eigenvalue weighted by molar-refractivity contribution is 9.10. The van der Waals surface area contributed by atoms with Gasteiger partial charge in [0, 0.05) is 17.3 Å². The summed E-state index contributed by atoms with van der Waals surface area (Å²) in [4.78, 5) is 0. The Labute approximate surface area is 170 Å². The molecule has 1 aromatic heterocycles. The minimum Gasteiger partial charge on any atom is -0.266 e. The lowest BCUT2D eigenvalue weighted by Crippen LogP contribution is -2.40. The zero-order valence-electron chi connectivity index (χ0n) is 14.8. The monoisotopic (exact) mass is 442 g/mol. The average molecular weight is 443 g/mol. The summed E-state index contributed by atoms with van der Waals surface area (Å²) >= 11 is 5.24. The molecule has 0 atom stereocenters. The van der Waals surface area contributed by atoms with Gasteiger partial charge in [-0.05, 0) is 23.3 Å². The molecule has 0 amide bonds. The maximum atomic E-state index is 4.45. The number of aromatic nitrogens is 2. The molecule has 2 aromatic carbocycles. The molecule has 138 valence electrons. The van der Waals surface area contributed by atoms with Crippen molar-refractivity contribution >= 4 is 33.5 Å². The predicted molar refractivity (Wildman–Crippen MR) is 112 cm³/mol. The summed E-state index contributed by atoms with van der Waals surface area (Å²) in [6.07, 6.45) is 1.87. The Kier molecular flexibility index (Phi) is 5.47. The normalized spacial score (nSPS) is 13.6. The smallest absolute Gasteiger partial charge is 0.177 e. The lowest BCUT2D eigenvalue weighted by molar-refractivity contribution is 0.288. The first-order valence-electron chi connectivity index (χ1n) is 8.50.